The number of hydrogen-bond acceptors (Lipinski definition) is 2. The minimum atomic E-state index is -0.933. The Bertz CT molecular complexity index is 476. The number of anilines is 1. The molecular formula is C10H8F2N2O2. The number of rotatable bonds is 1. The molecule has 4 nitrogen and oxygen atoms in total. The predicted molar refractivity (Wildman–Crippen MR) is 51.9 cm³/mol. The smallest absolute Gasteiger partial charge is 0.318 e. The molecule has 2 rings (SSSR count). The summed E-state index contributed by atoms with van der Waals surface area (Å²) in [6.45, 7) is -0.102. The molecule has 0 unspecified atom stereocenters. The first-order chi connectivity index (χ1) is 7.50. The number of benzene rings is 1. The van der Waals surface area contributed by atoms with E-state index in [0.717, 1.165) is 17.0 Å². The highest BCUT2D eigenvalue weighted by Gasteiger charge is 2.36. The van der Waals surface area contributed by atoms with Crippen LogP contribution in [0.5, 0.6) is 0 Å². The van der Waals surface area contributed by atoms with E-state index in [-0.39, 0.29) is 12.2 Å². The highest BCUT2D eigenvalue weighted by Crippen LogP contribution is 2.24. The zero-order chi connectivity index (χ0) is 11.9. The molecule has 0 atom stereocenters. The fraction of sp³-hybridized carbons (Fsp3) is 0.200. The Kier molecular flexibility index (Phi) is 2.34. The Labute approximate surface area is 90.1 Å². The molecule has 1 aliphatic heterocycles. The summed E-state index contributed by atoms with van der Waals surface area (Å²) >= 11 is 0. The third-order valence-electron chi connectivity index (χ3n) is 2.29. The minimum Gasteiger partial charge on any atom is -0.318 e. The average Bonchev–Trinajstić information content (AvgIpc) is 2.43. The van der Waals surface area contributed by atoms with Gasteiger partial charge in [0.15, 0.2) is 0 Å². The number of carbonyl (C=O) groups is 2. The van der Waals surface area contributed by atoms with Crippen molar-refractivity contribution in [3.05, 3.63) is 29.8 Å². The molecule has 0 saturated carbocycles. The maximum absolute atomic E-state index is 13.4. The van der Waals surface area contributed by atoms with Crippen molar-refractivity contribution in [2.24, 2.45) is 0 Å². The Morgan fingerprint density at radius 1 is 1.25 bits per heavy atom. The van der Waals surface area contributed by atoms with Crippen LogP contribution in [0.25, 0.3) is 0 Å². The zero-order valence-electron chi connectivity index (χ0n) is 8.41. The number of halogens is 2. The Hall–Kier alpha value is -1.98. The van der Waals surface area contributed by atoms with Crippen LogP contribution in [0.3, 0.4) is 0 Å². The second kappa shape index (κ2) is 3.55. The Morgan fingerprint density at radius 3 is 2.44 bits per heavy atom. The molecule has 1 heterocycles. The highest BCUT2D eigenvalue weighted by atomic mass is 19.1. The fourth-order valence-corrected chi connectivity index (χ4v) is 1.52. The molecule has 0 spiro atoms. The van der Waals surface area contributed by atoms with Crippen molar-refractivity contribution in [3.8, 4) is 0 Å². The van der Waals surface area contributed by atoms with Crippen LogP contribution in [-0.4, -0.2) is 30.4 Å². The second-order valence-corrected chi connectivity index (χ2v) is 3.46. The van der Waals surface area contributed by atoms with Crippen LogP contribution in [0.1, 0.15) is 0 Å². The second-order valence-electron chi connectivity index (χ2n) is 3.46. The molecule has 0 radical (unpaired) electrons. The molecule has 84 valence electrons. The van der Waals surface area contributed by atoms with Gasteiger partial charge in [-0.05, 0) is 12.1 Å². The third kappa shape index (κ3) is 1.52. The maximum Gasteiger partial charge on any atom is 0.331 e. The summed E-state index contributed by atoms with van der Waals surface area (Å²) in [6, 6.07) is 2.08. The van der Waals surface area contributed by atoms with Crippen LogP contribution in [0.2, 0.25) is 0 Å². The van der Waals surface area contributed by atoms with Crippen LogP contribution < -0.4 is 4.90 Å². The van der Waals surface area contributed by atoms with E-state index in [1.165, 1.54) is 7.05 Å². The van der Waals surface area contributed by atoms with Gasteiger partial charge in [0.25, 0.3) is 5.91 Å². The van der Waals surface area contributed by atoms with Crippen LogP contribution in [0, 0.1) is 11.6 Å². The van der Waals surface area contributed by atoms with Crippen LogP contribution in [-0.2, 0) is 4.79 Å². The lowest BCUT2D eigenvalue weighted by Crippen LogP contribution is -2.32. The quantitative estimate of drug-likeness (QED) is 0.678. The molecule has 0 aromatic heterocycles. The van der Waals surface area contributed by atoms with Crippen molar-refractivity contribution in [2.45, 2.75) is 0 Å². The van der Waals surface area contributed by atoms with Gasteiger partial charge in [0.2, 0.25) is 0 Å². The normalized spacial score (nSPS) is 16.2. The van der Waals surface area contributed by atoms with Crippen molar-refractivity contribution in [1.29, 1.82) is 0 Å². The number of nitrogens with zero attached hydrogens (tertiary/aromatic N) is 2. The van der Waals surface area contributed by atoms with Gasteiger partial charge in [0.05, 0.1) is 5.69 Å². The Morgan fingerprint density at radius 2 is 1.94 bits per heavy atom. The predicted octanol–water partition coefficient (Wildman–Crippen LogP) is 1.36. The van der Waals surface area contributed by atoms with E-state index >= 15 is 0 Å². The van der Waals surface area contributed by atoms with Gasteiger partial charge < -0.3 is 4.90 Å². The van der Waals surface area contributed by atoms with E-state index in [4.69, 9.17) is 0 Å². The molecule has 16 heavy (non-hydrogen) atoms. The van der Waals surface area contributed by atoms with Crippen molar-refractivity contribution in [3.63, 3.8) is 0 Å². The highest BCUT2D eigenvalue weighted by molar-refractivity contribution is 6.19. The molecule has 6 heteroatoms. The summed E-state index contributed by atoms with van der Waals surface area (Å²) < 4.78 is 26.0. The molecule has 1 saturated heterocycles. The van der Waals surface area contributed by atoms with E-state index < -0.39 is 23.6 Å². The summed E-state index contributed by atoms with van der Waals surface area (Å²) in [5.41, 5.74) is -0.222. The van der Waals surface area contributed by atoms with E-state index in [2.05, 4.69) is 0 Å². The summed E-state index contributed by atoms with van der Waals surface area (Å²) in [7, 11) is 1.43. The van der Waals surface area contributed by atoms with Crippen LogP contribution in [0.15, 0.2) is 18.2 Å². The van der Waals surface area contributed by atoms with Gasteiger partial charge >= 0.3 is 6.03 Å². The van der Waals surface area contributed by atoms with Crippen LogP contribution >= 0.6 is 0 Å². The van der Waals surface area contributed by atoms with E-state index in [1.807, 2.05) is 0 Å². The lowest BCUT2D eigenvalue weighted by atomic mass is 10.2. The number of imide groups is 1. The number of urea groups is 1. The third-order valence-corrected chi connectivity index (χ3v) is 2.29. The fourth-order valence-electron chi connectivity index (χ4n) is 1.52. The molecule has 1 aromatic carbocycles. The molecule has 0 aliphatic carbocycles. The van der Waals surface area contributed by atoms with E-state index in [0.29, 0.717) is 11.0 Å². The number of hydrogen-bond donors (Lipinski definition) is 0. The summed E-state index contributed by atoms with van der Waals surface area (Å²) in [5, 5.41) is 0. The standard InChI is InChI=1S/C10H8F2N2O2/c1-13-5-9(15)14(10(13)16)8-3-2-6(11)4-7(8)12/h2-4H,5H2,1H3. The molecule has 0 bridgehead atoms. The SMILES string of the molecule is CN1CC(=O)N(c2ccc(F)cc2F)C1=O. The minimum absolute atomic E-state index is 0.102. The summed E-state index contributed by atoms with van der Waals surface area (Å²) in [6.07, 6.45) is 0. The molecule has 1 aliphatic rings. The van der Waals surface area contributed by atoms with Crippen molar-refractivity contribution >= 4 is 17.6 Å². The van der Waals surface area contributed by atoms with Crippen molar-refractivity contribution < 1.29 is 18.4 Å². The number of carbonyl (C=O) groups excluding carboxylic acids is 2. The van der Waals surface area contributed by atoms with Gasteiger partial charge in [-0.25, -0.2) is 18.5 Å². The van der Waals surface area contributed by atoms with Crippen LogP contribution in [0.4, 0.5) is 19.3 Å². The van der Waals surface area contributed by atoms with Crippen molar-refractivity contribution in [2.75, 3.05) is 18.5 Å². The maximum atomic E-state index is 13.4. The van der Waals surface area contributed by atoms with Gasteiger partial charge in [-0.2, -0.15) is 0 Å². The molecule has 3 amide bonds. The first-order valence-corrected chi connectivity index (χ1v) is 4.54. The lowest BCUT2D eigenvalue weighted by Gasteiger charge is -2.14. The Balaban J connectivity index is 2.45. The molecule has 1 aromatic rings. The van der Waals surface area contributed by atoms with E-state index in [9.17, 15) is 18.4 Å². The van der Waals surface area contributed by atoms with Gasteiger partial charge in [-0.15, -0.1) is 0 Å². The molecule has 1 fully saturated rings. The first-order valence-electron chi connectivity index (χ1n) is 4.54. The monoisotopic (exact) mass is 226 g/mol. The van der Waals surface area contributed by atoms with Gasteiger partial charge in [0.1, 0.15) is 18.2 Å². The largest absolute Gasteiger partial charge is 0.331 e. The molecule has 0 N–H and O–H groups in total. The van der Waals surface area contributed by atoms with Gasteiger partial charge in [-0.1, -0.05) is 0 Å². The molecular weight excluding hydrogens is 218 g/mol. The summed E-state index contributed by atoms with van der Waals surface area (Å²) in [4.78, 5) is 24.8. The average molecular weight is 226 g/mol. The topological polar surface area (TPSA) is 40.6 Å². The van der Waals surface area contributed by atoms with Gasteiger partial charge in [-0.3, -0.25) is 4.79 Å². The number of likely N-dealkylation sites (N-methyl/N-ethyl adjacent to an activating group) is 1. The summed E-state index contributed by atoms with van der Waals surface area (Å²) in [5.74, 6) is -2.22. The zero-order valence-corrected chi connectivity index (χ0v) is 8.41. The van der Waals surface area contributed by atoms with Gasteiger partial charge in [0, 0.05) is 13.1 Å². The van der Waals surface area contributed by atoms with E-state index in [1.54, 1.807) is 0 Å². The lowest BCUT2D eigenvalue weighted by molar-refractivity contribution is -0.116. The first kappa shape index (κ1) is 10.5. The van der Waals surface area contributed by atoms with Crippen molar-refractivity contribution in [1.82, 2.24) is 4.90 Å². The number of amides is 3.